The minimum Gasteiger partial charge on any atom is -0.391 e. The molecular weight excluding hydrogens is 180 g/mol. The molecule has 0 aliphatic carbocycles. The van der Waals surface area contributed by atoms with Crippen LogP contribution < -0.4 is 0 Å². The lowest BCUT2D eigenvalue weighted by molar-refractivity contribution is -0.147. The number of nitrogens with zero attached hydrogens (tertiary/aromatic N) is 1. The van der Waals surface area contributed by atoms with Crippen molar-refractivity contribution in [2.24, 2.45) is 5.92 Å². The van der Waals surface area contributed by atoms with Gasteiger partial charge in [-0.25, -0.2) is 0 Å². The maximum absolute atomic E-state index is 12.0. The molecule has 76 valence electrons. The number of piperidine rings is 1. The highest BCUT2D eigenvalue weighted by Gasteiger charge is 2.30. The van der Waals surface area contributed by atoms with Crippen LogP contribution in [0.4, 0.5) is 8.78 Å². The number of amides is 1. The molecule has 0 spiro atoms. The van der Waals surface area contributed by atoms with Crippen molar-refractivity contribution in [3.8, 4) is 0 Å². The van der Waals surface area contributed by atoms with E-state index in [1.165, 1.54) is 0 Å². The number of aliphatic hydroxyl groups excluding tert-OH is 1. The van der Waals surface area contributed by atoms with E-state index in [-0.39, 0.29) is 12.5 Å². The Morgan fingerprint density at radius 3 is 2.62 bits per heavy atom. The fourth-order valence-corrected chi connectivity index (χ4v) is 1.64. The number of halogens is 2. The predicted molar refractivity (Wildman–Crippen MR) is 42.4 cm³/mol. The van der Waals surface area contributed by atoms with E-state index in [9.17, 15) is 18.7 Å². The third-order valence-corrected chi connectivity index (χ3v) is 2.14. The van der Waals surface area contributed by atoms with Crippen molar-refractivity contribution in [2.45, 2.75) is 25.9 Å². The van der Waals surface area contributed by atoms with Crippen LogP contribution >= 0.6 is 0 Å². The first-order valence-corrected chi connectivity index (χ1v) is 4.25. The summed E-state index contributed by atoms with van der Waals surface area (Å²) in [4.78, 5) is 11.9. The zero-order valence-corrected chi connectivity index (χ0v) is 7.41. The highest BCUT2D eigenvalue weighted by atomic mass is 19.3. The Bertz CT molecular complexity index is 189. The monoisotopic (exact) mass is 193 g/mol. The first-order chi connectivity index (χ1) is 6.00. The summed E-state index contributed by atoms with van der Waals surface area (Å²) < 4.78 is 24.0. The molecule has 1 heterocycles. The van der Waals surface area contributed by atoms with E-state index < -0.39 is 18.4 Å². The Labute approximate surface area is 75.3 Å². The second kappa shape index (κ2) is 4.00. The molecule has 1 amide bonds. The van der Waals surface area contributed by atoms with Crippen molar-refractivity contribution >= 4 is 5.91 Å². The van der Waals surface area contributed by atoms with E-state index in [4.69, 9.17) is 0 Å². The fourth-order valence-electron chi connectivity index (χ4n) is 1.64. The summed E-state index contributed by atoms with van der Waals surface area (Å²) in [5.41, 5.74) is 0. The number of likely N-dealkylation sites (tertiary alicyclic amines) is 1. The summed E-state index contributed by atoms with van der Waals surface area (Å²) in [6, 6.07) is 0. The molecule has 0 aromatic heterocycles. The van der Waals surface area contributed by atoms with Gasteiger partial charge in [0.05, 0.1) is 6.10 Å². The van der Waals surface area contributed by atoms with Crippen molar-refractivity contribution in [2.75, 3.05) is 13.1 Å². The van der Waals surface area contributed by atoms with Gasteiger partial charge < -0.3 is 10.0 Å². The van der Waals surface area contributed by atoms with Gasteiger partial charge in [-0.05, 0) is 12.3 Å². The van der Waals surface area contributed by atoms with E-state index in [1.54, 1.807) is 0 Å². The highest BCUT2D eigenvalue weighted by Crippen LogP contribution is 2.17. The Kier molecular flexibility index (Phi) is 3.19. The van der Waals surface area contributed by atoms with Crippen LogP contribution in [0.1, 0.15) is 13.3 Å². The number of carbonyl (C=O) groups excluding carboxylic acids is 1. The molecule has 2 atom stereocenters. The molecule has 1 rings (SSSR count). The summed E-state index contributed by atoms with van der Waals surface area (Å²) >= 11 is 0. The summed E-state index contributed by atoms with van der Waals surface area (Å²) in [6.45, 7) is 2.18. The normalized spacial score (nSPS) is 29.5. The van der Waals surface area contributed by atoms with Gasteiger partial charge in [0.25, 0.3) is 5.91 Å². The molecule has 3 nitrogen and oxygen atoms in total. The topological polar surface area (TPSA) is 40.5 Å². The Hall–Kier alpha value is -0.710. The average molecular weight is 193 g/mol. The van der Waals surface area contributed by atoms with Gasteiger partial charge in [-0.3, -0.25) is 4.79 Å². The maximum Gasteiger partial charge on any atom is 0.315 e. The molecule has 5 heteroatoms. The molecule has 0 radical (unpaired) electrons. The van der Waals surface area contributed by atoms with Crippen LogP contribution in [0, 0.1) is 5.92 Å². The van der Waals surface area contributed by atoms with Crippen LogP contribution in [-0.2, 0) is 4.79 Å². The SMILES string of the molecule is C[C@@H]1C[C@H](O)CN(C(=O)C(F)F)C1. The molecule has 1 saturated heterocycles. The summed E-state index contributed by atoms with van der Waals surface area (Å²) in [7, 11) is 0. The molecule has 1 aliphatic heterocycles. The van der Waals surface area contributed by atoms with Gasteiger partial charge in [0, 0.05) is 13.1 Å². The Balaban J connectivity index is 2.55. The van der Waals surface area contributed by atoms with Crippen LogP contribution in [0.5, 0.6) is 0 Å². The minimum absolute atomic E-state index is 0.0352. The number of rotatable bonds is 1. The van der Waals surface area contributed by atoms with Crippen molar-refractivity contribution in [3.05, 3.63) is 0 Å². The molecule has 0 aromatic carbocycles. The van der Waals surface area contributed by atoms with Crippen molar-refractivity contribution < 1.29 is 18.7 Å². The van der Waals surface area contributed by atoms with E-state index >= 15 is 0 Å². The van der Waals surface area contributed by atoms with E-state index in [0.717, 1.165) is 4.90 Å². The molecule has 13 heavy (non-hydrogen) atoms. The maximum atomic E-state index is 12.0. The fraction of sp³-hybridized carbons (Fsp3) is 0.875. The van der Waals surface area contributed by atoms with E-state index in [2.05, 4.69) is 0 Å². The van der Waals surface area contributed by atoms with Gasteiger partial charge in [-0.1, -0.05) is 6.92 Å². The second-order valence-corrected chi connectivity index (χ2v) is 3.54. The minimum atomic E-state index is -2.96. The van der Waals surface area contributed by atoms with Gasteiger partial charge >= 0.3 is 6.43 Å². The molecule has 0 saturated carbocycles. The number of alkyl halides is 2. The average Bonchev–Trinajstić information content (AvgIpc) is 2.01. The van der Waals surface area contributed by atoms with Crippen molar-refractivity contribution in [1.29, 1.82) is 0 Å². The van der Waals surface area contributed by atoms with Gasteiger partial charge in [0.1, 0.15) is 0 Å². The van der Waals surface area contributed by atoms with Crippen LogP contribution in [0.15, 0.2) is 0 Å². The molecular formula is C8H13F2NO2. The van der Waals surface area contributed by atoms with Crippen LogP contribution in [0.3, 0.4) is 0 Å². The molecule has 1 N–H and O–H groups in total. The number of aliphatic hydroxyl groups is 1. The lowest BCUT2D eigenvalue weighted by Gasteiger charge is -2.33. The van der Waals surface area contributed by atoms with Crippen LogP contribution in [0.2, 0.25) is 0 Å². The lowest BCUT2D eigenvalue weighted by atomic mass is 9.98. The Morgan fingerprint density at radius 1 is 1.54 bits per heavy atom. The third kappa shape index (κ3) is 2.62. The molecule has 1 fully saturated rings. The zero-order valence-electron chi connectivity index (χ0n) is 7.41. The number of hydrogen-bond acceptors (Lipinski definition) is 2. The number of carbonyl (C=O) groups is 1. The number of hydrogen-bond donors (Lipinski definition) is 1. The first-order valence-electron chi connectivity index (χ1n) is 4.25. The van der Waals surface area contributed by atoms with Crippen molar-refractivity contribution in [3.63, 3.8) is 0 Å². The third-order valence-electron chi connectivity index (χ3n) is 2.14. The van der Waals surface area contributed by atoms with Gasteiger partial charge in [0.15, 0.2) is 0 Å². The summed E-state index contributed by atoms with van der Waals surface area (Å²) in [5, 5.41) is 9.24. The smallest absolute Gasteiger partial charge is 0.315 e. The molecule has 0 bridgehead atoms. The van der Waals surface area contributed by atoms with Crippen molar-refractivity contribution in [1.82, 2.24) is 4.90 Å². The van der Waals surface area contributed by atoms with Gasteiger partial charge in [-0.15, -0.1) is 0 Å². The quantitative estimate of drug-likeness (QED) is 0.658. The second-order valence-electron chi connectivity index (χ2n) is 3.54. The highest BCUT2D eigenvalue weighted by molar-refractivity contribution is 5.79. The van der Waals surface area contributed by atoms with E-state index in [0.29, 0.717) is 13.0 Å². The summed E-state index contributed by atoms with van der Waals surface area (Å²) in [5.74, 6) is -1.09. The van der Waals surface area contributed by atoms with E-state index in [1.807, 2.05) is 6.92 Å². The largest absolute Gasteiger partial charge is 0.391 e. The zero-order chi connectivity index (χ0) is 10.0. The van der Waals surface area contributed by atoms with Crippen LogP contribution in [-0.4, -0.2) is 41.5 Å². The lowest BCUT2D eigenvalue weighted by Crippen LogP contribution is -2.47. The predicted octanol–water partition coefficient (Wildman–Crippen LogP) is 0.481. The Morgan fingerprint density at radius 2 is 2.15 bits per heavy atom. The standard InChI is InChI=1S/C8H13F2NO2/c1-5-2-6(12)4-11(3-5)8(13)7(9)10/h5-7,12H,2-4H2,1H3/t5-,6+/m1/s1. The first kappa shape index (κ1) is 10.4. The molecule has 0 unspecified atom stereocenters. The van der Waals surface area contributed by atoms with Crippen LogP contribution in [0.25, 0.3) is 0 Å². The summed E-state index contributed by atoms with van der Waals surface area (Å²) in [6.07, 6.45) is -3.04. The number of β-amino-alcohol motifs (C(OH)–C–C–N with tert-alkyl or cyclic N) is 1. The van der Waals surface area contributed by atoms with Gasteiger partial charge in [-0.2, -0.15) is 8.78 Å². The molecule has 1 aliphatic rings. The van der Waals surface area contributed by atoms with Gasteiger partial charge in [0.2, 0.25) is 0 Å². The molecule has 0 aromatic rings.